The number of carboxylic acids is 1. The molecule has 1 aromatic rings. The van der Waals surface area contributed by atoms with Gasteiger partial charge in [-0.1, -0.05) is 18.2 Å². The van der Waals surface area contributed by atoms with Crippen molar-refractivity contribution in [1.29, 1.82) is 0 Å². The lowest BCUT2D eigenvalue weighted by molar-refractivity contribution is -0.142. The van der Waals surface area contributed by atoms with E-state index in [1.54, 1.807) is 30.3 Å². The van der Waals surface area contributed by atoms with Crippen LogP contribution in [0, 0.1) is 0 Å². The van der Waals surface area contributed by atoms with Crippen molar-refractivity contribution in [3.63, 3.8) is 0 Å². The fourth-order valence-electron chi connectivity index (χ4n) is 1.83. The molecule has 0 spiro atoms. The maximum atomic E-state index is 11.8. The summed E-state index contributed by atoms with van der Waals surface area (Å²) in [5.74, 6) is -2.47. The van der Waals surface area contributed by atoms with Crippen molar-refractivity contribution in [2.75, 3.05) is 6.79 Å². The fraction of sp³-hybridized carbons (Fsp3) is 0.375. The zero-order valence-electron chi connectivity index (χ0n) is 14.0. The number of ether oxygens (including phenoxy) is 2. The Morgan fingerprint density at radius 1 is 1.16 bits per heavy atom. The lowest BCUT2D eigenvalue weighted by Gasteiger charge is -2.29. The Hall–Kier alpha value is -2.55. The van der Waals surface area contributed by atoms with Gasteiger partial charge in [-0.2, -0.15) is 0 Å². The summed E-state index contributed by atoms with van der Waals surface area (Å²) in [6, 6.07) is 6.86. The number of hydrogen-bond donors (Lipinski definition) is 2. The van der Waals surface area contributed by atoms with Crippen LogP contribution >= 0.6 is 11.8 Å². The number of hydrogen-bond acceptors (Lipinski definition) is 7. The molecule has 0 saturated heterocycles. The van der Waals surface area contributed by atoms with Crippen molar-refractivity contribution >= 4 is 34.9 Å². The Labute approximate surface area is 148 Å². The van der Waals surface area contributed by atoms with Crippen LogP contribution in [0.1, 0.15) is 31.1 Å². The highest BCUT2D eigenvalue weighted by molar-refractivity contribution is 8.14. The van der Waals surface area contributed by atoms with E-state index in [9.17, 15) is 24.3 Å². The number of amides is 1. The largest absolute Gasteiger partial charge is 0.480 e. The molecule has 8 nitrogen and oxygen atoms in total. The Morgan fingerprint density at radius 3 is 2.28 bits per heavy atom. The van der Waals surface area contributed by atoms with Crippen molar-refractivity contribution in [3.8, 4) is 0 Å². The molecule has 136 valence electrons. The maximum Gasteiger partial charge on any atom is 0.370 e. The summed E-state index contributed by atoms with van der Waals surface area (Å²) in [6.45, 7) is 3.53. The monoisotopic (exact) mass is 369 g/mol. The summed E-state index contributed by atoms with van der Waals surface area (Å²) in [4.78, 5) is 45.9. The summed E-state index contributed by atoms with van der Waals surface area (Å²) < 4.78 is 8.40. The molecule has 0 radical (unpaired) electrons. The SMILES string of the molecule is CC(=O)N[C@@H](C(=O)O)C(C)(C)SC(=O)OCOC(=O)c1ccccc1. The Balaban J connectivity index is 2.53. The third-order valence-electron chi connectivity index (χ3n) is 3.01. The molecule has 0 aromatic heterocycles. The van der Waals surface area contributed by atoms with Crippen molar-refractivity contribution in [3.05, 3.63) is 35.9 Å². The molecular formula is C16H19NO7S. The van der Waals surface area contributed by atoms with Gasteiger partial charge >= 0.3 is 17.2 Å². The van der Waals surface area contributed by atoms with Crippen LogP contribution in [0.2, 0.25) is 0 Å². The van der Waals surface area contributed by atoms with Gasteiger partial charge in [-0.05, 0) is 37.7 Å². The number of carboxylic acid groups (broad SMARTS) is 1. The van der Waals surface area contributed by atoms with Crippen LogP contribution in [-0.2, 0) is 19.1 Å². The first-order chi connectivity index (χ1) is 11.6. The first kappa shape index (κ1) is 20.5. The van der Waals surface area contributed by atoms with Gasteiger partial charge in [0.05, 0.1) is 10.3 Å². The zero-order chi connectivity index (χ0) is 19.0. The zero-order valence-corrected chi connectivity index (χ0v) is 14.8. The Bertz CT molecular complexity index is 645. The highest BCUT2D eigenvalue weighted by atomic mass is 32.2. The molecule has 0 bridgehead atoms. The quantitative estimate of drug-likeness (QED) is 0.553. The third-order valence-corrected chi connectivity index (χ3v) is 4.06. The molecule has 2 N–H and O–H groups in total. The molecule has 1 aromatic carbocycles. The molecule has 1 atom stereocenters. The topological polar surface area (TPSA) is 119 Å². The lowest BCUT2D eigenvalue weighted by Crippen LogP contribution is -2.52. The molecule has 0 aliphatic rings. The summed E-state index contributed by atoms with van der Waals surface area (Å²) in [6.07, 6.45) is 0. The van der Waals surface area contributed by atoms with Crippen LogP contribution in [-0.4, -0.2) is 45.8 Å². The normalized spacial score (nSPS) is 12.0. The molecular weight excluding hydrogens is 350 g/mol. The smallest absolute Gasteiger partial charge is 0.370 e. The second kappa shape index (κ2) is 9.07. The minimum atomic E-state index is -1.30. The van der Waals surface area contributed by atoms with Gasteiger partial charge in [0.25, 0.3) is 0 Å². The second-order valence-corrected chi connectivity index (χ2v) is 7.08. The van der Waals surface area contributed by atoms with E-state index < -0.39 is 40.7 Å². The predicted octanol–water partition coefficient (Wildman–Crippen LogP) is 2.04. The van der Waals surface area contributed by atoms with Crippen molar-refractivity contribution < 1.29 is 33.8 Å². The average molecular weight is 369 g/mol. The highest BCUT2D eigenvalue weighted by Gasteiger charge is 2.39. The molecule has 0 aliphatic heterocycles. The molecule has 0 heterocycles. The van der Waals surface area contributed by atoms with Gasteiger partial charge in [-0.25, -0.2) is 14.4 Å². The van der Waals surface area contributed by atoms with Crippen molar-refractivity contribution in [1.82, 2.24) is 5.32 Å². The van der Waals surface area contributed by atoms with Crippen LogP contribution in [0.25, 0.3) is 0 Å². The Kier molecular flexibility index (Phi) is 7.43. The number of carbonyl (C=O) groups excluding carboxylic acids is 3. The standard InChI is InChI=1S/C16H19NO7S/c1-10(18)17-12(13(19)20)16(2,3)25-15(22)24-9-23-14(21)11-7-5-4-6-8-11/h4-8,12H,9H2,1-3H3,(H,17,18)(H,19,20)/t12-/m0/s1. The minimum Gasteiger partial charge on any atom is -0.480 e. The fourth-order valence-corrected chi connectivity index (χ4v) is 2.64. The summed E-state index contributed by atoms with van der Waals surface area (Å²) in [5.41, 5.74) is 0.308. The summed E-state index contributed by atoms with van der Waals surface area (Å²) in [5, 5.41) is 10.6. The number of aliphatic carboxylic acids is 1. The molecule has 25 heavy (non-hydrogen) atoms. The maximum absolute atomic E-state index is 11.8. The number of thioether (sulfide) groups is 1. The van der Waals surface area contributed by atoms with E-state index in [1.165, 1.54) is 20.8 Å². The van der Waals surface area contributed by atoms with E-state index in [0.717, 1.165) is 0 Å². The number of nitrogens with one attached hydrogen (secondary N) is 1. The van der Waals surface area contributed by atoms with E-state index in [2.05, 4.69) is 5.32 Å². The van der Waals surface area contributed by atoms with E-state index in [0.29, 0.717) is 17.3 Å². The molecule has 1 rings (SSSR count). The van der Waals surface area contributed by atoms with Gasteiger partial charge in [0.2, 0.25) is 12.7 Å². The lowest BCUT2D eigenvalue weighted by atomic mass is 10.0. The van der Waals surface area contributed by atoms with Gasteiger partial charge in [0, 0.05) is 6.92 Å². The third kappa shape index (κ3) is 6.84. The van der Waals surface area contributed by atoms with Gasteiger partial charge in [0.1, 0.15) is 6.04 Å². The van der Waals surface area contributed by atoms with E-state index in [1.807, 2.05) is 0 Å². The first-order valence-corrected chi connectivity index (χ1v) is 8.03. The van der Waals surface area contributed by atoms with Crippen LogP contribution in [0.5, 0.6) is 0 Å². The van der Waals surface area contributed by atoms with Crippen molar-refractivity contribution in [2.45, 2.75) is 31.6 Å². The number of esters is 1. The van der Waals surface area contributed by atoms with Crippen LogP contribution in [0.3, 0.4) is 0 Å². The van der Waals surface area contributed by atoms with Crippen LogP contribution in [0.4, 0.5) is 4.79 Å². The van der Waals surface area contributed by atoms with Crippen LogP contribution < -0.4 is 5.32 Å². The molecule has 0 aliphatic carbocycles. The van der Waals surface area contributed by atoms with Gasteiger partial charge < -0.3 is 19.9 Å². The van der Waals surface area contributed by atoms with Gasteiger partial charge in [-0.3, -0.25) is 4.79 Å². The molecule has 9 heteroatoms. The molecule has 0 unspecified atom stereocenters. The molecule has 0 saturated carbocycles. The predicted molar refractivity (Wildman–Crippen MR) is 90.1 cm³/mol. The van der Waals surface area contributed by atoms with Crippen LogP contribution in [0.15, 0.2) is 30.3 Å². The number of carbonyl (C=O) groups is 4. The van der Waals surface area contributed by atoms with Crippen molar-refractivity contribution in [2.24, 2.45) is 0 Å². The first-order valence-electron chi connectivity index (χ1n) is 7.21. The summed E-state index contributed by atoms with van der Waals surface area (Å²) >= 11 is 0.580. The van der Waals surface area contributed by atoms with Gasteiger partial charge in [0.15, 0.2) is 0 Å². The molecule has 1 amide bonds. The Morgan fingerprint density at radius 2 is 1.76 bits per heavy atom. The minimum absolute atomic E-state index is 0.308. The van der Waals surface area contributed by atoms with E-state index in [4.69, 9.17) is 9.47 Å². The number of rotatable bonds is 7. The van der Waals surface area contributed by atoms with E-state index in [-0.39, 0.29) is 0 Å². The summed E-state index contributed by atoms with van der Waals surface area (Å²) in [7, 11) is 0. The number of benzene rings is 1. The van der Waals surface area contributed by atoms with Gasteiger partial charge in [-0.15, -0.1) is 0 Å². The van der Waals surface area contributed by atoms with E-state index >= 15 is 0 Å². The second-order valence-electron chi connectivity index (χ2n) is 5.49. The molecule has 0 fully saturated rings. The highest BCUT2D eigenvalue weighted by Crippen LogP contribution is 2.30. The average Bonchev–Trinajstić information content (AvgIpc) is 2.52.